The molecule has 2 aromatic rings. The van der Waals surface area contributed by atoms with Gasteiger partial charge in [-0.2, -0.15) is 0 Å². The number of sulfonamides is 1. The summed E-state index contributed by atoms with van der Waals surface area (Å²) in [5.41, 5.74) is 1.65. The van der Waals surface area contributed by atoms with E-state index in [1.165, 1.54) is 22.5 Å². The SMILES string of the molecule is O=C(/C=C/c1ccc(N2CCCS2(=O)=O)cc1)Nc1ccc(Cl)c(F)c1. The molecular weight excluding hydrogens is 379 g/mol. The molecule has 1 aliphatic rings. The zero-order valence-corrected chi connectivity index (χ0v) is 15.2. The summed E-state index contributed by atoms with van der Waals surface area (Å²) in [6.45, 7) is 0.484. The molecule has 0 aliphatic carbocycles. The van der Waals surface area contributed by atoms with Gasteiger partial charge in [-0.1, -0.05) is 23.7 Å². The first-order valence-corrected chi connectivity index (χ1v) is 9.88. The first-order valence-electron chi connectivity index (χ1n) is 7.90. The van der Waals surface area contributed by atoms with Crippen molar-refractivity contribution in [1.82, 2.24) is 0 Å². The molecule has 0 spiro atoms. The Labute approximate surface area is 156 Å². The number of rotatable bonds is 4. The maximum Gasteiger partial charge on any atom is 0.248 e. The molecule has 8 heteroatoms. The minimum absolute atomic E-state index is 0.0151. The Hall–Kier alpha value is -2.38. The van der Waals surface area contributed by atoms with Crippen molar-refractivity contribution in [3.05, 3.63) is 64.9 Å². The smallest absolute Gasteiger partial charge is 0.248 e. The number of carbonyl (C=O) groups excluding carboxylic acids is 1. The third-order valence-electron chi connectivity index (χ3n) is 3.89. The van der Waals surface area contributed by atoms with Crippen molar-refractivity contribution in [2.75, 3.05) is 21.9 Å². The second-order valence-electron chi connectivity index (χ2n) is 5.78. The number of carbonyl (C=O) groups is 1. The van der Waals surface area contributed by atoms with Gasteiger partial charge in [0.05, 0.1) is 16.5 Å². The van der Waals surface area contributed by atoms with Crippen LogP contribution in [0.25, 0.3) is 6.08 Å². The van der Waals surface area contributed by atoms with Crippen molar-refractivity contribution in [1.29, 1.82) is 0 Å². The highest BCUT2D eigenvalue weighted by atomic mass is 35.5. The lowest BCUT2D eigenvalue weighted by molar-refractivity contribution is -0.111. The van der Waals surface area contributed by atoms with Crippen LogP contribution in [0.2, 0.25) is 5.02 Å². The number of halogens is 2. The van der Waals surface area contributed by atoms with Gasteiger partial charge in [0.2, 0.25) is 15.9 Å². The van der Waals surface area contributed by atoms with Crippen molar-refractivity contribution < 1.29 is 17.6 Å². The molecule has 1 amide bonds. The molecule has 2 aromatic carbocycles. The lowest BCUT2D eigenvalue weighted by Gasteiger charge is -2.16. The minimum Gasteiger partial charge on any atom is -0.322 e. The van der Waals surface area contributed by atoms with Crippen LogP contribution in [0.4, 0.5) is 15.8 Å². The molecule has 26 heavy (non-hydrogen) atoms. The number of benzene rings is 2. The van der Waals surface area contributed by atoms with Crippen LogP contribution in [0.5, 0.6) is 0 Å². The molecule has 1 heterocycles. The molecule has 136 valence electrons. The van der Waals surface area contributed by atoms with Gasteiger partial charge in [0.25, 0.3) is 0 Å². The Balaban J connectivity index is 1.64. The number of hydrogen-bond acceptors (Lipinski definition) is 3. The van der Waals surface area contributed by atoms with Crippen LogP contribution >= 0.6 is 11.6 Å². The third kappa shape index (κ3) is 4.23. The summed E-state index contributed by atoms with van der Waals surface area (Å²) in [4.78, 5) is 11.9. The largest absolute Gasteiger partial charge is 0.322 e. The highest BCUT2D eigenvalue weighted by Gasteiger charge is 2.28. The summed E-state index contributed by atoms with van der Waals surface area (Å²) in [7, 11) is -3.21. The maximum atomic E-state index is 13.4. The molecule has 1 saturated heterocycles. The zero-order valence-electron chi connectivity index (χ0n) is 13.7. The minimum atomic E-state index is -3.21. The van der Waals surface area contributed by atoms with Gasteiger partial charge in [0, 0.05) is 18.3 Å². The molecule has 0 radical (unpaired) electrons. The molecule has 0 aromatic heterocycles. The van der Waals surface area contributed by atoms with Crippen molar-refractivity contribution in [2.24, 2.45) is 0 Å². The molecule has 0 atom stereocenters. The van der Waals surface area contributed by atoms with E-state index in [2.05, 4.69) is 5.32 Å². The monoisotopic (exact) mass is 394 g/mol. The van der Waals surface area contributed by atoms with Crippen LogP contribution in [0.15, 0.2) is 48.5 Å². The van der Waals surface area contributed by atoms with E-state index in [4.69, 9.17) is 11.6 Å². The van der Waals surface area contributed by atoms with E-state index in [-0.39, 0.29) is 10.8 Å². The van der Waals surface area contributed by atoms with E-state index in [1.807, 2.05) is 0 Å². The lowest BCUT2D eigenvalue weighted by atomic mass is 10.2. The van der Waals surface area contributed by atoms with E-state index in [0.29, 0.717) is 24.3 Å². The zero-order chi connectivity index (χ0) is 18.7. The topological polar surface area (TPSA) is 66.5 Å². The Morgan fingerprint density at radius 3 is 2.54 bits per heavy atom. The van der Waals surface area contributed by atoms with Gasteiger partial charge in [-0.3, -0.25) is 9.10 Å². The Bertz CT molecular complexity index is 959. The van der Waals surface area contributed by atoms with Crippen LogP contribution in [-0.2, 0) is 14.8 Å². The van der Waals surface area contributed by atoms with Crippen LogP contribution in [0.3, 0.4) is 0 Å². The first-order chi connectivity index (χ1) is 12.3. The molecule has 0 bridgehead atoms. The summed E-state index contributed by atoms with van der Waals surface area (Å²) in [6, 6.07) is 10.9. The van der Waals surface area contributed by atoms with Gasteiger partial charge in [0.1, 0.15) is 5.82 Å². The molecule has 3 rings (SSSR count). The Morgan fingerprint density at radius 2 is 1.92 bits per heavy atom. The second kappa shape index (κ2) is 7.47. The maximum absolute atomic E-state index is 13.4. The van der Waals surface area contributed by atoms with Crippen molar-refractivity contribution in [3.8, 4) is 0 Å². The number of anilines is 2. The third-order valence-corrected chi connectivity index (χ3v) is 6.07. The average molecular weight is 395 g/mol. The van der Waals surface area contributed by atoms with Gasteiger partial charge in [-0.05, 0) is 48.4 Å². The molecule has 1 aliphatic heterocycles. The first kappa shape index (κ1) is 18.4. The number of hydrogen-bond donors (Lipinski definition) is 1. The van der Waals surface area contributed by atoms with Crippen LogP contribution in [-0.4, -0.2) is 26.6 Å². The summed E-state index contributed by atoms with van der Waals surface area (Å²) in [5.74, 6) is -0.862. The summed E-state index contributed by atoms with van der Waals surface area (Å²) in [5, 5.41) is 2.52. The van der Waals surface area contributed by atoms with Gasteiger partial charge < -0.3 is 5.32 Å². The molecule has 0 unspecified atom stereocenters. The van der Waals surface area contributed by atoms with Crippen molar-refractivity contribution >= 4 is 45.0 Å². The van der Waals surface area contributed by atoms with Gasteiger partial charge in [-0.25, -0.2) is 12.8 Å². The predicted molar refractivity (Wildman–Crippen MR) is 101 cm³/mol. The number of nitrogens with one attached hydrogen (secondary N) is 1. The fourth-order valence-corrected chi connectivity index (χ4v) is 4.29. The van der Waals surface area contributed by atoms with Crippen LogP contribution in [0.1, 0.15) is 12.0 Å². The fourth-order valence-electron chi connectivity index (χ4n) is 2.61. The van der Waals surface area contributed by atoms with Crippen molar-refractivity contribution in [2.45, 2.75) is 6.42 Å². The summed E-state index contributed by atoms with van der Waals surface area (Å²) < 4.78 is 38.6. The Morgan fingerprint density at radius 1 is 1.19 bits per heavy atom. The Kier molecular flexibility index (Phi) is 5.29. The van der Waals surface area contributed by atoms with Gasteiger partial charge in [0.15, 0.2) is 0 Å². The predicted octanol–water partition coefficient (Wildman–Crippen LogP) is 3.67. The highest BCUT2D eigenvalue weighted by Crippen LogP contribution is 2.24. The molecule has 1 N–H and O–H groups in total. The standard InChI is InChI=1S/C18H16ClFN2O3S/c19-16-8-5-14(12-17(16)20)21-18(23)9-4-13-2-6-15(7-3-13)22-10-1-11-26(22,24)25/h2-9,12H,1,10-11H2,(H,21,23)/b9-4+. The van der Waals surface area contributed by atoms with E-state index < -0.39 is 21.7 Å². The lowest BCUT2D eigenvalue weighted by Crippen LogP contribution is -2.24. The highest BCUT2D eigenvalue weighted by molar-refractivity contribution is 7.93. The molecule has 0 saturated carbocycles. The summed E-state index contributed by atoms with van der Waals surface area (Å²) in [6.07, 6.45) is 3.52. The quantitative estimate of drug-likeness (QED) is 0.804. The van der Waals surface area contributed by atoms with Gasteiger partial charge >= 0.3 is 0 Å². The molecule has 1 fully saturated rings. The average Bonchev–Trinajstić information content (AvgIpc) is 2.96. The van der Waals surface area contributed by atoms with Gasteiger partial charge in [-0.15, -0.1) is 0 Å². The van der Waals surface area contributed by atoms with Crippen molar-refractivity contribution in [3.63, 3.8) is 0 Å². The van der Waals surface area contributed by atoms with Crippen LogP contribution < -0.4 is 9.62 Å². The number of amides is 1. The number of nitrogens with zero attached hydrogens (tertiary/aromatic N) is 1. The van der Waals surface area contributed by atoms with E-state index >= 15 is 0 Å². The molecule has 5 nitrogen and oxygen atoms in total. The van der Waals surface area contributed by atoms with Crippen LogP contribution in [0, 0.1) is 5.82 Å². The van der Waals surface area contributed by atoms with E-state index in [9.17, 15) is 17.6 Å². The fraction of sp³-hybridized carbons (Fsp3) is 0.167. The van der Waals surface area contributed by atoms with E-state index in [0.717, 1.165) is 11.6 Å². The second-order valence-corrected chi connectivity index (χ2v) is 8.20. The van der Waals surface area contributed by atoms with E-state index in [1.54, 1.807) is 30.3 Å². The summed E-state index contributed by atoms with van der Waals surface area (Å²) >= 11 is 5.59. The normalized spacial score (nSPS) is 16.2. The molecular formula is C18H16ClFN2O3S.